The Labute approximate surface area is 171 Å². The normalized spacial score (nSPS) is 11.2. The topological polar surface area (TPSA) is 130 Å². The van der Waals surface area contributed by atoms with Gasteiger partial charge in [-0.25, -0.2) is 4.79 Å². The number of carbonyl (C=O) groups is 2. The number of hydrogen-bond donors (Lipinski definition) is 1. The first-order valence-electron chi connectivity index (χ1n) is 8.52. The fraction of sp³-hybridized carbons (Fsp3) is 0.167. The molecular weight excluding hydrogens is 425 g/mol. The highest BCUT2D eigenvalue weighted by molar-refractivity contribution is 5.96. The summed E-state index contributed by atoms with van der Waals surface area (Å²) in [6, 6.07) is 6.18. The van der Waals surface area contributed by atoms with E-state index in [0.29, 0.717) is 17.9 Å². The number of benzene rings is 1. The van der Waals surface area contributed by atoms with Crippen molar-refractivity contribution in [2.75, 3.05) is 11.9 Å². The second kappa shape index (κ2) is 8.69. The maximum atomic E-state index is 12.7. The monoisotopic (exact) mass is 438 g/mol. The van der Waals surface area contributed by atoms with Gasteiger partial charge in [0.05, 0.1) is 17.0 Å². The Hall–Kier alpha value is -4.16. The molecule has 0 aliphatic carbocycles. The van der Waals surface area contributed by atoms with E-state index in [1.807, 2.05) is 5.32 Å². The predicted octanol–water partition coefficient (Wildman–Crippen LogP) is 3.25. The third kappa shape index (κ3) is 5.46. The van der Waals surface area contributed by atoms with Gasteiger partial charge < -0.3 is 14.5 Å². The van der Waals surface area contributed by atoms with Crippen LogP contribution in [0.25, 0.3) is 0 Å². The van der Waals surface area contributed by atoms with Crippen LogP contribution in [0.15, 0.2) is 53.2 Å². The maximum Gasteiger partial charge on any atom is 0.416 e. The zero-order valence-corrected chi connectivity index (χ0v) is 15.5. The molecule has 0 bridgehead atoms. The molecule has 0 saturated carbocycles. The number of nitrogens with zero attached hydrogens (tertiary/aromatic N) is 3. The van der Waals surface area contributed by atoms with E-state index in [4.69, 9.17) is 9.15 Å². The Bertz CT molecular complexity index is 1110. The van der Waals surface area contributed by atoms with Gasteiger partial charge in [0.15, 0.2) is 6.61 Å². The van der Waals surface area contributed by atoms with E-state index in [-0.39, 0.29) is 12.3 Å². The van der Waals surface area contributed by atoms with Crippen LogP contribution < -0.4 is 5.32 Å². The van der Waals surface area contributed by atoms with Crippen LogP contribution in [0.5, 0.6) is 0 Å². The molecule has 0 aliphatic heterocycles. The van der Waals surface area contributed by atoms with Crippen molar-refractivity contribution < 1.29 is 36.8 Å². The van der Waals surface area contributed by atoms with Crippen LogP contribution >= 0.6 is 0 Å². The van der Waals surface area contributed by atoms with Crippen molar-refractivity contribution in [1.82, 2.24) is 9.78 Å². The fourth-order valence-electron chi connectivity index (χ4n) is 2.48. The van der Waals surface area contributed by atoms with Crippen molar-refractivity contribution in [2.24, 2.45) is 0 Å². The molecule has 0 fully saturated rings. The first-order valence-corrected chi connectivity index (χ1v) is 8.52. The molecule has 0 aliphatic rings. The smallest absolute Gasteiger partial charge is 0.416 e. The van der Waals surface area contributed by atoms with Crippen molar-refractivity contribution in [3.8, 4) is 0 Å². The zero-order valence-electron chi connectivity index (χ0n) is 15.5. The fourth-order valence-corrected chi connectivity index (χ4v) is 2.48. The summed E-state index contributed by atoms with van der Waals surface area (Å²) in [5, 5.41) is 17.1. The van der Waals surface area contributed by atoms with Gasteiger partial charge in [0.1, 0.15) is 11.4 Å². The first kappa shape index (κ1) is 21.5. The number of hydrogen-bond acceptors (Lipinski definition) is 7. The quantitative estimate of drug-likeness (QED) is 0.340. The number of nitro benzene ring substituents is 1. The number of anilines is 1. The SMILES string of the molecule is O=C(COC(=O)c1ccc(Cn2cccn2)o1)Nc1ccc(C(F)(F)F)cc1[N+](=O)[O-]. The number of aromatic nitrogens is 2. The summed E-state index contributed by atoms with van der Waals surface area (Å²) in [5.74, 6) is -1.74. The minimum Gasteiger partial charge on any atom is -0.452 e. The highest BCUT2D eigenvalue weighted by atomic mass is 19.4. The van der Waals surface area contributed by atoms with Crippen LogP contribution in [0.4, 0.5) is 24.5 Å². The third-order valence-corrected chi connectivity index (χ3v) is 3.87. The number of alkyl halides is 3. The number of halogens is 3. The second-order valence-corrected chi connectivity index (χ2v) is 6.08. The van der Waals surface area contributed by atoms with Gasteiger partial charge >= 0.3 is 12.1 Å². The van der Waals surface area contributed by atoms with Crippen molar-refractivity contribution in [3.63, 3.8) is 0 Å². The average Bonchev–Trinajstić information content (AvgIpc) is 3.38. The van der Waals surface area contributed by atoms with Gasteiger partial charge in [-0.3, -0.25) is 19.6 Å². The Morgan fingerprint density at radius 3 is 2.68 bits per heavy atom. The van der Waals surface area contributed by atoms with Crippen LogP contribution in [0.3, 0.4) is 0 Å². The molecule has 2 heterocycles. The summed E-state index contributed by atoms with van der Waals surface area (Å²) in [4.78, 5) is 33.9. The van der Waals surface area contributed by atoms with Crippen LogP contribution in [-0.2, 0) is 22.3 Å². The molecule has 3 aromatic rings. The van der Waals surface area contributed by atoms with Gasteiger partial charge in [0, 0.05) is 18.5 Å². The molecule has 0 saturated heterocycles. The van der Waals surface area contributed by atoms with Crippen LogP contribution in [-0.4, -0.2) is 33.2 Å². The highest BCUT2D eigenvalue weighted by Gasteiger charge is 2.33. The Kier molecular flexibility index (Phi) is 6.04. The molecule has 2 aromatic heterocycles. The lowest BCUT2D eigenvalue weighted by molar-refractivity contribution is -0.384. The molecular formula is C18H13F3N4O6. The summed E-state index contributed by atoms with van der Waals surface area (Å²) in [6.45, 7) is -0.579. The number of rotatable bonds is 7. The lowest BCUT2D eigenvalue weighted by atomic mass is 10.1. The number of ether oxygens (including phenoxy) is 1. The van der Waals surface area contributed by atoms with Gasteiger partial charge in [0.25, 0.3) is 11.6 Å². The molecule has 0 unspecified atom stereocenters. The second-order valence-electron chi connectivity index (χ2n) is 6.08. The number of furan rings is 1. The molecule has 162 valence electrons. The molecule has 31 heavy (non-hydrogen) atoms. The molecule has 1 amide bonds. The van der Waals surface area contributed by atoms with Gasteiger partial charge in [-0.05, 0) is 30.3 Å². The third-order valence-electron chi connectivity index (χ3n) is 3.87. The number of nitro groups is 1. The molecule has 3 rings (SSSR count). The largest absolute Gasteiger partial charge is 0.452 e. The predicted molar refractivity (Wildman–Crippen MR) is 97.0 cm³/mol. The molecule has 10 nitrogen and oxygen atoms in total. The summed E-state index contributed by atoms with van der Waals surface area (Å²) < 4.78 is 49.8. The van der Waals surface area contributed by atoms with E-state index in [9.17, 15) is 32.9 Å². The minimum absolute atomic E-state index is 0.185. The summed E-state index contributed by atoms with van der Waals surface area (Å²) in [7, 11) is 0. The van der Waals surface area contributed by atoms with E-state index in [0.717, 1.165) is 6.07 Å². The molecule has 1 aromatic carbocycles. The average molecular weight is 438 g/mol. The first-order chi connectivity index (χ1) is 14.6. The summed E-state index contributed by atoms with van der Waals surface area (Å²) in [6.07, 6.45) is -1.54. The Balaban J connectivity index is 1.59. The van der Waals surface area contributed by atoms with E-state index < -0.39 is 46.5 Å². The lowest BCUT2D eigenvalue weighted by Gasteiger charge is -2.10. The van der Waals surface area contributed by atoms with E-state index in [1.165, 1.54) is 12.1 Å². The molecule has 13 heteroatoms. The Morgan fingerprint density at radius 1 is 1.26 bits per heavy atom. The van der Waals surface area contributed by atoms with Crippen LogP contribution in [0, 0.1) is 10.1 Å². The number of esters is 1. The Morgan fingerprint density at radius 2 is 2.03 bits per heavy atom. The van der Waals surface area contributed by atoms with E-state index in [2.05, 4.69) is 5.10 Å². The van der Waals surface area contributed by atoms with Crippen LogP contribution in [0.2, 0.25) is 0 Å². The standard InChI is InChI=1S/C18H13F3N4O6/c19-18(20,21)11-2-4-13(14(8-11)25(28)29)23-16(26)10-30-17(27)15-5-3-12(31-15)9-24-7-1-6-22-24/h1-8H,9-10H2,(H,23,26). The molecule has 0 radical (unpaired) electrons. The van der Waals surface area contributed by atoms with E-state index in [1.54, 1.807) is 23.1 Å². The zero-order chi connectivity index (χ0) is 22.6. The van der Waals surface area contributed by atoms with Gasteiger partial charge in [0.2, 0.25) is 5.76 Å². The molecule has 1 N–H and O–H groups in total. The minimum atomic E-state index is -4.79. The highest BCUT2D eigenvalue weighted by Crippen LogP contribution is 2.34. The summed E-state index contributed by atoms with van der Waals surface area (Å²) in [5.41, 5.74) is -2.67. The maximum absolute atomic E-state index is 12.7. The number of amides is 1. The van der Waals surface area contributed by atoms with Crippen LogP contribution in [0.1, 0.15) is 21.9 Å². The van der Waals surface area contributed by atoms with E-state index >= 15 is 0 Å². The number of carbonyl (C=O) groups excluding carboxylic acids is 2. The summed E-state index contributed by atoms with van der Waals surface area (Å²) >= 11 is 0. The van der Waals surface area contributed by atoms with Crippen molar-refractivity contribution >= 4 is 23.3 Å². The van der Waals surface area contributed by atoms with Crippen molar-refractivity contribution in [3.05, 3.63) is 76.0 Å². The molecule has 0 spiro atoms. The van der Waals surface area contributed by atoms with Crippen molar-refractivity contribution in [2.45, 2.75) is 12.7 Å². The number of nitrogens with one attached hydrogen (secondary N) is 1. The van der Waals surface area contributed by atoms with Gasteiger partial charge in [-0.2, -0.15) is 18.3 Å². The van der Waals surface area contributed by atoms with Gasteiger partial charge in [-0.1, -0.05) is 0 Å². The molecule has 0 atom stereocenters. The lowest BCUT2D eigenvalue weighted by Crippen LogP contribution is -2.21. The van der Waals surface area contributed by atoms with Gasteiger partial charge in [-0.15, -0.1) is 0 Å². The van der Waals surface area contributed by atoms with Crippen molar-refractivity contribution in [1.29, 1.82) is 0 Å².